The van der Waals surface area contributed by atoms with E-state index in [-0.39, 0.29) is 0 Å². The molecule has 0 atom stereocenters. The predicted octanol–water partition coefficient (Wildman–Crippen LogP) is 6.60. The van der Waals surface area contributed by atoms with Gasteiger partial charge < -0.3 is 0 Å². The molecule has 1 heterocycles. The Kier molecular flexibility index (Phi) is 9.38. The summed E-state index contributed by atoms with van der Waals surface area (Å²) < 4.78 is 1.51. The summed E-state index contributed by atoms with van der Waals surface area (Å²) >= 11 is 4.59. The van der Waals surface area contributed by atoms with E-state index >= 15 is 0 Å². The molecular formula is C16H27IS. The summed E-state index contributed by atoms with van der Waals surface area (Å²) in [6.45, 7) is 4.56. The van der Waals surface area contributed by atoms with Gasteiger partial charge in [-0.25, -0.2) is 0 Å². The van der Waals surface area contributed by atoms with E-state index in [0.29, 0.717) is 0 Å². The Bertz CT molecular complexity index is 317. The van der Waals surface area contributed by atoms with E-state index in [9.17, 15) is 0 Å². The van der Waals surface area contributed by atoms with E-state index in [1.54, 1.807) is 9.75 Å². The Morgan fingerprint density at radius 3 is 2.11 bits per heavy atom. The third kappa shape index (κ3) is 6.55. The molecule has 0 aromatic carbocycles. The number of thiophene rings is 1. The summed E-state index contributed by atoms with van der Waals surface area (Å²) in [6.07, 6.45) is 13.6. The van der Waals surface area contributed by atoms with Crippen molar-refractivity contribution in [1.82, 2.24) is 0 Å². The summed E-state index contributed by atoms with van der Waals surface area (Å²) in [5.74, 6) is 0. The summed E-state index contributed by atoms with van der Waals surface area (Å²) in [5.41, 5.74) is 0. The van der Waals surface area contributed by atoms with Gasteiger partial charge in [-0.2, -0.15) is 0 Å². The van der Waals surface area contributed by atoms with Crippen LogP contribution in [0.15, 0.2) is 6.07 Å². The Hall–Kier alpha value is 0.430. The molecule has 0 unspecified atom stereocenters. The van der Waals surface area contributed by atoms with Crippen molar-refractivity contribution in [2.75, 3.05) is 0 Å². The van der Waals surface area contributed by atoms with Gasteiger partial charge in [0.05, 0.1) is 0 Å². The van der Waals surface area contributed by atoms with Gasteiger partial charge >= 0.3 is 0 Å². The van der Waals surface area contributed by atoms with Crippen molar-refractivity contribution in [3.05, 3.63) is 19.4 Å². The molecule has 0 N–H and O–H groups in total. The third-order valence-electron chi connectivity index (χ3n) is 3.34. The average molecular weight is 378 g/mol. The van der Waals surface area contributed by atoms with Crippen molar-refractivity contribution in [3.8, 4) is 0 Å². The summed E-state index contributed by atoms with van der Waals surface area (Å²) in [5, 5.41) is 0. The molecule has 1 rings (SSSR count). The van der Waals surface area contributed by atoms with E-state index in [2.05, 4.69) is 53.8 Å². The van der Waals surface area contributed by atoms with Crippen LogP contribution in [-0.4, -0.2) is 0 Å². The van der Waals surface area contributed by atoms with Crippen LogP contribution in [0.4, 0.5) is 0 Å². The molecule has 0 aliphatic rings. The van der Waals surface area contributed by atoms with Gasteiger partial charge in [-0.05, 0) is 54.3 Å². The molecule has 0 nitrogen and oxygen atoms in total. The van der Waals surface area contributed by atoms with E-state index in [1.807, 2.05) is 0 Å². The third-order valence-corrected chi connectivity index (χ3v) is 5.93. The van der Waals surface area contributed by atoms with E-state index in [0.717, 1.165) is 0 Å². The molecule has 0 radical (unpaired) electrons. The largest absolute Gasteiger partial charge is 0.144 e. The van der Waals surface area contributed by atoms with Gasteiger partial charge in [-0.1, -0.05) is 52.4 Å². The quantitative estimate of drug-likeness (QED) is 0.318. The standard InChI is InChI=1S/C16H27IS/c1-3-5-7-9-11-14-13-15(17)16(18-14)12-10-8-6-4-2/h13H,3-12H2,1-2H3. The molecule has 0 saturated carbocycles. The molecule has 104 valence electrons. The van der Waals surface area contributed by atoms with Crippen LogP contribution < -0.4 is 0 Å². The maximum atomic E-state index is 2.52. The van der Waals surface area contributed by atoms with Crippen LogP contribution in [0.1, 0.15) is 75.0 Å². The first kappa shape index (κ1) is 16.5. The molecule has 0 bridgehead atoms. The number of halogens is 1. The van der Waals surface area contributed by atoms with Crippen molar-refractivity contribution in [1.29, 1.82) is 0 Å². The van der Waals surface area contributed by atoms with Gasteiger partial charge in [-0.3, -0.25) is 0 Å². The minimum Gasteiger partial charge on any atom is -0.144 e. The fourth-order valence-electron chi connectivity index (χ4n) is 2.19. The number of aryl methyl sites for hydroxylation is 2. The van der Waals surface area contributed by atoms with Gasteiger partial charge in [0, 0.05) is 13.3 Å². The number of unbranched alkanes of at least 4 members (excludes halogenated alkanes) is 6. The second-order valence-electron chi connectivity index (χ2n) is 5.11. The highest BCUT2D eigenvalue weighted by molar-refractivity contribution is 14.1. The summed E-state index contributed by atoms with van der Waals surface area (Å²) in [7, 11) is 0. The average Bonchev–Trinajstić information content (AvgIpc) is 2.71. The van der Waals surface area contributed by atoms with E-state index in [4.69, 9.17) is 0 Å². The van der Waals surface area contributed by atoms with E-state index < -0.39 is 0 Å². The SMILES string of the molecule is CCCCCCc1cc(I)c(CCCCCC)s1. The monoisotopic (exact) mass is 378 g/mol. The smallest absolute Gasteiger partial charge is 0.0272 e. The minimum absolute atomic E-state index is 1.30. The summed E-state index contributed by atoms with van der Waals surface area (Å²) in [6, 6.07) is 2.42. The van der Waals surface area contributed by atoms with Crippen LogP contribution in [0.2, 0.25) is 0 Å². The Balaban J connectivity index is 2.29. The van der Waals surface area contributed by atoms with Gasteiger partial charge in [0.25, 0.3) is 0 Å². The molecular weight excluding hydrogens is 351 g/mol. The summed E-state index contributed by atoms with van der Waals surface area (Å²) in [4.78, 5) is 3.25. The minimum atomic E-state index is 1.30. The Morgan fingerprint density at radius 2 is 1.50 bits per heavy atom. The lowest BCUT2D eigenvalue weighted by Gasteiger charge is -1.99. The van der Waals surface area contributed by atoms with E-state index in [1.165, 1.54) is 67.8 Å². The second kappa shape index (κ2) is 10.2. The fraction of sp³-hybridized carbons (Fsp3) is 0.750. The van der Waals surface area contributed by atoms with Crippen molar-refractivity contribution in [2.45, 2.75) is 78.1 Å². The number of hydrogen-bond donors (Lipinski definition) is 0. The Labute approximate surface area is 131 Å². The number of hydrogen-bond acceptors (Lipinski definition) is 1. The zero-order chi connectivity index (χ0) is 13.2. The molecule has 0 saturated heterocycles. The Morgan fingerprint density at radius 1 is 0.889 bits per heavy atom. The van der Waals surface area contributed by atoms with Gasteiger partial charge in [0.1, 0.15) is 0 Å². The highest BCUT2D eigenvalue weighted by Gasteiger charge is 2.06. The van der Waals surface area contributed by atoms with Crippen LogP contribution in [0.5, 0.6) is 0 Å². The van der Waals surface area contributed by atoms with Gasteiger partial charge in [0.15, 0.2) is 0 Å². The molecule has 0 aliphatic carbocycles. The molecule has 1 aromatic rings. The van der Waals surface area contributed by atoms with Crippen LogP contribution in [-0.2, 0) is 12.8 Å². The molecule has 18 heavy (non-hydrogen) atoms. The lowest BCUT2D eigenvalue weighted by atomic mass is 10.1. The van der Waals surface area contributed by atoms with Gasteiger partial charge in [-0.15, -0.1) is 11.3 Å². The van der Waals surface area contributed by atoms with Crippen molar-refractivity contribution in [2.24, 2.45) is 0 Å². The molecule has 0 aliphatic heterocycles. The highest BCUT2D eigenvalue weighted by atomic mass is 127. The fourth-order valence-corrected chi connectivity index (χ4v) is 4.52. The van der Waals surface area contributed by atoms with Crippen molar-refractivity contribution >= 4 is 33.9 Å². The molecule has 0 amide bonds. The zero-order valence-electron chi connectivity index (χ0n) is 11.9. The molecule has 2 heteroatoms. The zero-order valence-corrected chi connectivity index (χ0v) is 14.9. The maximum absolute atomic E-state index is 2.52. The van der Waals surface area contributed by atoms with Crippen LogP contribution in [0.25, 0.3) is 0 Å². The van der Waals surface area contributed by atoms with Crippen LogP contribution in [0, 0.1) is 3.57 Å². The van der Waals surface area contributed by atoms with Gasteiger partial charge in [0.2, 0.25) is 0 Å². The molecule has 0 fully saturated rings. The van der Waals surface area contributed by atoms with Crippen molar-refractivity contribution < 1.29 is 0 Å². The lowest BCUT2D eigenvalue weighted by Crippen LogP contribution is -1.83. The highest BCUT2D eigenvalue weighted by Crippen LogP contribution is 2.27. The first-order valence-corrected chi connectivity index (χ1v) is 9.44. The topological polar surface area (TPSA) is 0 Å². The normalized spacial score (nSPS) is 11.1. The van der Waals surface area contributed by atoms with Crippen LogP contribution >= 0.6 is 33.9 Å². The maximum Gasteiger partial charge on any atom is 0.0272 e. The van der Waals surface area contributed by atoms with Crippen molar-refractivity contribution in [3.63, 3.8) is 0 Å². The number of rotatable bonds is 10. The van der Waals surface area contributed by atoms with Crippen LogP contribution in [0.3, 0.4) is 0 Å². The molecule has 1 aromatic heterocycles. The first-order valence-electron chi connectivity index (χ1n) is 7.55. The predicted molar refractivity (Wildman–Crippen MR) is 92.7 cm³/mol. The lowest BCUT2D eigenvalue weighted by molar-refractivity contribution is 0.669. The second-order valence-corrected chi connectivity index (χ2v) is 7.49. The molecule has 0 spiro atoms. The first-order chi connectivity index (χ1) is 8.77.